The van der Waals surface area contributed by atoms with Crippen LogP contribution in [-0.4, -0.2) is 29.9 Å². The van der Waals surface area contributed by atoms with Crippen LogP contribution in [0.15, 0.2) is 12.3 Å². The summed E-state index contributed by atoms with van der Waals surface area (Å²) in [5.74, 6) is 0.509. The number of hydrogen-bond acceptors (Lipinski definition) is 5. The molecule has 1 aromatic rings. The maximum absolute atomic E-state index is 5.99. The smallest absolute Gasteiger partial charge is 0.478 e. The summed E-state index contributed by atoms with van der Waals surface area (Å²) in [4.78, 5) is 4.20. The van der Waals surface area contributed by atoms with Crippen molar-refractivity contribution in [3.8, 4) is 5.88 Å². The normalized spacial score (nSPS) is 19.6. The average molecular weight is 301 g/mol. The molecular weight excluding hydrogens is 278 g/mol. The van der Waals surface area contributed by atoms with Crippen LogP contribution in [-0.2, 0) is 9.31 Å². The first kappa shape index (κ1) is 17.1. The number of ether oxygens (including phenoxy) is 1. The van der Waals surface area contributed by atoms with E-state index in [1.54, 1.807) is 12.3 Å². The van der Waals surface area contributed by atoms with E-state index in [0.29, 0.717) is 18.2 Å². The van der Waals surface area contributed by atoms with Gasteiger partial charge < -0.3 is 19.8 Å². The van der Waals surface area contributed by atoms with Crippen molar-refractivity contribution in [2.24, 2.45) is 0 Å². The first-order valence-corrected chi connectivity index (χ1v) is 6.50. The number of nitrogens with two attached hydrogens (primary N) is 1. The van der Waals surface area contributed by atoms with Crippen LogP contribution in [0.3, 0.4) is 0 Å². The van der Waals surface area contributed by atoms with Crippen molar-refractivity contribution in [2.45, 2.75) is 45.8 Å². The second-order valence-electron chi connectivity index (χ2n) is 5.68. The highest BCUT2D eigenvalue weighted by Gasteiger charge is 2.52. The minimum absolute atomic E-state index is 0. The molecule has 7 heteroatoms. The zero-order chi connectivity index (χ0) is 14.3. The lowest BCUT2D eigenvalue weighted by Gasteiger charge is -2.32. The van der Waals surface area contributed by atoms with E-state index in [9.17, 15) is 0 Å². The summed E-state index contributed by atoms with van der Waals surface area (Å²) in [5, 5.41) is 0. The minimum Gasteiger partial charge on any atom is -0.478 e. The molecule has 2 heterocycles. The second kappa shape index (κ2) is 5.80. The Morgan fingerprint density at radius 1 is 1.25 bits per heavy atom. The fourth-order valence-electron chi connectivity index (χ4n) is 1.88. The lowest BCUT2D eigenvalue weighted by Crippen LogP contribution is -2.41. The summed E-state index contributed by atoms with van der Waals surface area (Å²) < 4.78 is 17.5. The number of anilines is 1. The summed E-state index contributed by atoms with van der Waals surface area (Å²) in [5.41, 5.74) is 6.30. The van der Waals surface area contributed by atoms with Crippen LogP contribution in [0.4, 0.5) is 5.69 Å². The molecule has 1 aromatic heterocycles. The standard InChI is InChI=1S/C13H21BN2O3.ClH/c1-6-17-11-10(7-9(15)8-16-11)14-18-12(2,3)13(4,5)19-14;/h7-8H,6,15H2,1-5H3;1H. The van der Waals surface area contributed by atoms with E-state index in [0.717, 1.165) is 5.46 Å². The van der Waals surface area contributed by atoms with Crippen molar-refractivity contribution in [1.82, 2.24) is 4.98 Å². The third-order valence-electron chi connectivity index (χ3n) is 3.69. The topological polar surface area (TPSA) is 66.6 Å². The number of halogens is 1. The van der Waals surface area contributed by atoms with Crippen LogP contribution in [0.1, 0.15) is 34.6 Å². The van der Waals surface area contributed by atoms with Crippen molar-refractivity contribution in [2.75, 3.05) is 12.3 Å². The minimum atomic E-state index is -0.512. The van der Waals surface area contributed by atoms with Crippen LogP contribution in [0.25, 0.3) is 0 Å². The number of pyridine rings is 1. The Hall–Kier alpha value is -0.975. The summed E-state index contributed by atoms with van der Waals surface area (Å²) in [6, 6.07) is 1.79. The molecule has 0 aliphatic carbocycles. The number of nitrogen functional groups attached to an aromatic ring is 1. The fraction of sp³-hybridized carbons (Fsp3) is 0.615. The number of rotatable bonds is 3. The van der Waals surface area contributed by atoms with E-state index >= 15 is 0 Å². The molecule has 5 nitrogen and oxygen atoms in total. The van der Waals surface area contributed by atoms with Crippen LogP contribution in [0.5, 0.6) is 5.88 Å². The molecule has 0 spiro atoms. The Morgan fingerprint density at radius 2 is 1.80 bits per heavy atom. The van der Waals surface area contributed by atoms with Gasteiger partial charge in [0.2, 0.25) is 5.88 Å². The van der Waals surface area contributed by atoms with Gasteiger partial charge in [-0.2, -0.15) is 0 Å². The predicted octanol–water partition coefficient (Wildman–Crippen LogP) is 1.78. The molecule has 0 amide bonds. The van der Waals surface area contributed by atoms with Gasteiger partial charge in [0.15, 0.2) is 0 Å². The van der Waals surface area contributed by atoms with E-state index in [2.05, 4.69) is 4.98 Å². The molecule has 2 rings (SSSR count). The third-order valence-corrected chi connectivity index (χ3v) is 3.69. The van der Waals surface area contributed by atoms with Crippen molar-refractivity contribution < 1.29 is 14.0 Å². The monoisotopic (exact) mass is 300 g/mol. The maximum Gasteiger partial charge on any atom is 0.500 e. The summed E-state index contributed by atoms with van der Waals surface area (Å²) in [7, 11) is -0.512. The highest BCUT2D eigenvalue weighted by atomic mass is 35.5. The molecule has 2 N–H and O–H groups in total. The van der Waals surface area contributed by atoms with Crippen molar-refractivity contribution in [1.29, 1.82) is 0 Å². The molecule has 1 fully saturated rings. The lowest BCUT2D eigenvalue weighted by molar-refractivity contribution is 0.00578. The zero-order valence-corrected chi connectivity index (χ0v) is 13.4. The molecule has 1 saturated heterocycles. The van der Waals surface area contributed by atoms with Crippen LogP contribution in [0, 0.1) is 0 Å². The van der Waals surface area contributed by atoms with Gasteiger partial charge in [-0.25, -0.2) is 4.98 Å². The van der Waals surface area contributed by atoms with E-state index in [-0.39, 0.29) is 12.4 Å². The van der Waals surface area contributed by atoms with Gasteiger partial charge in [0.05, 0.1) is 24.0 Å². The molecule has 0 radical (unpaired) electrons. The highest BCUT2D eigenvalue weighted by molar-refractivity contribution is 6.63. The summed E-state index contributed by atoms with van der Waals surface area (Å²) >= 11 is 0. The molecule has 1 aliphatic heterocycles. The van der Waals surface area contributed by atoms with Crippen LogP contribution in [0.2, 0.25) is 0 Å². The SMILES string of the molecule is CCOc1ncc(N)cc1B1OC(C)(C)C(C)(C)O1.Cl. The Labute approximate surface area is 126 Å². The second-order valence-corrected chi connectivity index (χ2v) is 5.68. The fourth-order valence-corrected chi connectivity index (χ4v) is 1.88. The van der Waals surface area contributed by atoms with E-state index in [1.165, 1.54) is 0 Å². The molecule has 112 valence electrons. The van der Waals surface area contributed by atoms with Crippen molar-refractivity contribution in [3.63, 3.8) is 0 Å². The lowest BCUT2D eigenvalue weighted by atomic mass is 9.79. The number of hydrogen-bond donors (Lipinski definition) is 1. The molecule has 0 bridgehead atoms. The molecule has 20 heavy (non-hydrogen) atoms. The van der Waals surface area contributed by atoms with Gasteiger partial charge in [-0.1, -0.05) is 0 Å². The third kappa shape index (κ3) is 3.02. The van der Waals surface area contributed by atoms with Crippen LogP contribution >= 0.6 is 12.4 Å². The van der Waals surface area contributed by atoms with Gasteiger partial charge in [0.1, 0.15) is 0 Å². The predicted molar refractivity (Wildman–Crippen MR) is 82.8 cm³/mol. The molecular formula is C13H22BClN2O3. The van der Waals surface area contributed by atoms with Crippen molar-refractivity contribution in [3.05, 3.63) is 12.3 Å². The Morgan fingerprint density at radius 3 is 2.30 bits per heavy atom. The van der Waals surface area contributed by atoms with Gasteiger partial charge in [-0.3, -0.25) is 0 Å². The van der Waals surface area contributed by atoms with Gasteiger partial charge in [-0.05, 0) is 40.7 Å². The Bertz CT molecular complexity index is 467. The molecule has 0 unspecified atom stereocenters. The average Bonchev–Trinajstić information content (AvgIpc) is 2.51. The first-order chi connectivity index (χ1) is 8.77. The van der Waals surface area contributed by atoms with E-state index in [1.807, 2.05) is 34.6 Å². The van der Waals surface area contributed by atoms with Gasteiger partial charge in [-0.15, -0.1) is 12.4 Å². The van der Waals surface area contributed by atoms with Gasteiger partial charge in [0, 0.05) is 11.2 Å². The quantitative estimate of drug-likeness (QED) is 0.862. The van der Waals surface area contributed by atoms with Gasteiger partial charge >= 0.3 is 7.12 Å². The van der Waals surface area contributed by atoms with E-state index in [4.69, 9.17) is 19.8 Å². The molecule has 0 saturated carbocycles. The molecule has 0 aromatic carbocycles. The van der Waals surface area contributed by atoms with Gasteiger partial charge in [0.25, 0.3) is 0 Å². The first-order valence-electron chi connectivity index (χ1n) is 6.50. The summed E-state index contributed by atoms with van der Waals surface area (Å²) in [6.45, 7) is 10.5. The van der Waals surface area contributed by atoms with Crippen molar-refractivity contribution >= 4 is 30.7 Å². The molecule has 1 aliphatic rings. The summed E-state index contributed by atoms with van der Waals surface area (Å²) in [6.07, 6.45) is 1.57. The largest absolute Gasteiger partial charge is 0.500 e. The molecule has 0 atom stereocenters. The number of aromatic nitrogens is 1. The maximum atomic E-state index is 5.99. The van der Waals surface area contributed by atoms with E-state index < -0.39 is 18.3 Å². The van der Waals surface area contributed by atoms with Crippen LogP contribution < -0.4 is 15.9 Å². The zero-order valence-electron chi connectivity index (χ0n) is 12.6. The highest BCUT2D eigenvalue weighted by Crippen LogP contribution is 2.37. The Balaban J connectivity index is 0.00000200. The number of nitrogens with zero attached hydrogens (tertiary/aromatic N) is 1. The Kier molecular flexibility index (Phi) is 4.95.